The molecule has 1 unspecified atom stereocenters. The third-order valence-electron chi connectivity index (χ3n) is 7.96. The Morgan fingerprint density at radius 2 is 1.50 bits per heavy atom. The summed E-state index contributed by atoms with van der Waals surface area (Å²) >= 11 is 0. The smallest absolute Gasteiger partial charge is 0.336 e. The third-order valence-corrected chi connectivity index (χ3v) is 7.96. The molecule has 3 aromatic carbocycles. The Kier molecular flexibility index (Phi) is 7.66. The fraction of sp³-hybridized carbons (Fsp3) is 0.306. The van der Waals surface area contributed by atoms with E-state index in [4.69, 9.17) is 4.74 Å². The number of pyridine rings is 1. The first kappa shape index (κ1) is 30.6. The zero-order chi connectivity index (χ0) is 32.1. The summed E-state index contributed by atoms with van der Waals surface area (Å²) in [5.74, 6) is -3.75. The van der Waals surface area contributed by atoms with Crippen molar-refractivity contribution in [2.75, 3.05) is 0 Å². The highest BCUT2D eigenvalue weighted by atomic mass is 16.5. The zero-order valence-corrected chi connectivity index (χ0v) is 25.6. The Hall–Kier alpha value is -4.85. The van der Waals surface area contributed by atoms with Gasteiger partial charge in [0.15, 0.2) is 17.3 Å². The van der Waals surface area contributed by atoms with Gasteiger partial charge >= 0.3 is 11.9 Å². The van der Waals surface area contributed by atoms with Crippen LogP contribution in [0.25, 0.3) is 10.9 Å². The van der Waals surface area contributed by atoms with Crippen LogP contribution in [-0.4, -0.2) is 38.7 Å². The number of aromatic carboxylic acids is 1. The first-order chi connectivity index (χ1) is 20.6. The van der Waals surface area contributed by atoms with Crippen molar-refractivity contribution < 1.29 is 34.1 Å². The molecule has 8 heteroatoms. The number of fused-ring (bicyclic) bond motifs is 2. The maximum Gasteiger partial charge on any atom is 0.336 e. The van der Waals surface area contributed by atoms with E-state index in [1.165, 1.54) is 18.2 Å². The van der Waals surface area contributed by atoms with Crippen LogP contribution >= 0.6 is 0 Å². The van der Waals surface area contributed by atoms with Crippen LogP contribution in [0, 0.1) is 0 Å². The maximum atomic E-state index is 13.3. The number of esters is 1. The van der Waals surface area contributed by atoms with Crippen molar-refractivity contribution in [1.82, 2.24) is 4.98 Å². The third kappa shape index (κ3) is 5.60. The van der Waals surface area contributed by atoms with Gasteiger partial charge in [-0.25, -0.2) is 9.78 Å². The predicted octanol–water partition coefficient (Wildman–Crippen LogP) is 6.93. The molecular weight excluding hydrogens is 558 g/mol. The number of carboxylic acid groups (broad SMARTS) is 1. The van der Waals surface area contributed by atoms with Gasteiger partial charge in [0.25, 0.3) is 0 Å². The van der Waals surface area contributed by atoms with Crippen LogP contribution in [0.3, 0.4) is 0 Å². The van der Waals surface area contributed by atoms with Crippen molar-refractivity contribution in [3.8, 4) is 11.5 Å². The summed E-state index contributed by atoms with van der Waals surface area (Å²) in [6.07, 6.45) is 0.463. The van der Waals surface area contributed by atoms with Crippen molar-refractivity contribution in [3.63, 3.8) is 0 Å². The lowest BCUT2D eigenvalue weighted by Crippen LogP contribution is -2.18. The molecule has 0 amide bonds. The number of hydrogen-bond acceptors (Lipinski definition) is 7. The van der Waals surface area contributed by atoms with Crippen LogP contribution in [0.1, 0.15) is 107 Å². The van der Waals surface area contributed by atoms with E-state index in [-0.39, 0.29) is 51.1 Å². The van der Waals surface area contributed by atoms with Gasteiger partial charge in [-0.1, -0.05) is 84.0 Å². The van der Waals surface area contributed by atoms with Crippen LogP contribution in [0.4, 0.5) is 0 Å². The zero-order valence-electron chi connectivity index (χ0n) is 25.6. The van der Waals surface area contributed by atoms with Gasteiger partial charge in [-0.15, -0.1) is 0 Å². The molecule has 5 rings (SSSR count). The average molecular weight is 594 g/mol. The van der Waals surface area contributed by atoms with E-state index in [0.717, 1.165) is 16.7 Å². The lowest BCUT2D eigenvalue weighted by atomic mass is 9.78. The number of phenolic OH excluding ortho intramolecular Hbond substituents is 1. The molecule has 1 heterocycles. The van der Waals surface area contributed by atoms with Gasteiger partial charge < -0.3 is 14.9 Å². The number of Topliss-reactive ketones (excluding diaryl/α,β-unsaturated/α-hetero) is 2. The number of rotatable bonds is 6. The number of phenols is 1. The van der Waals surface area contributed by atoms with Crippen molar-refractivity contribution in [1.29, 1.82) is 0 Å². The van der Waals surface area contributed by atoms with E-state index in [1.807, 2.05) is 53.7 Å². The van der Waals surface area contributed by atoms with Crippen molar-refractivity contribution >= 4 is 34.4 Å². The second-order valence-electron chi connectivity index (χ2n) is 13.3. The minimum Gasteiger partial charge on any atom is -0.507 e. The number of para-hydroxylation sites is 1. The molecule has 1 aromatic heterocycles. The van der Waals surface area contributed by atoms with E-state index < -0.39 is 29.4 Å². The summed E-state index contributed by atoms with van der Waals surface area (Å²) in [4.78, 5) is 55.9. The molecule has 0 fully saturated rings. The number of aromatic nitrogens is 1. The quantitative estimate of drug-likeness (QED) is 0.140. The Balaban J connectivity index is 1.41. The second-order valence-corrected chi connectivity index (χ2v) is 13.3. The minimum absolute atomic E-state index is 0.0555. The standard InChI is InChI=1S/C36H35NO7/c1-35(2,3)23-17-19(18-24(32(23)40)36(4,5)6)13-16-27(38)44-26-12-7-9-20-14-15-25(37-30(20)26)29-31(39)21-10-8-11-22(34(42)43)28(21)33(29)41/h7-12,14-15,17-18,29,40H,13,16H2,1-6H3,(H,42,43). The Morgan fingerprint density at radius 1 is 0.864 bits per heavy atom. The molecule has 1 atom stereocenters. The highest BCUT2D eigenvalue weighted by Crippen LogP contribution is 2.40. The van der Waals surface area contributed by atoms with Crippen LogP contribution in [0.5, 0.6) is 11.5 Å². The van der Waals surface area contributed by atoms with Crippen LogP contribution < -0.4 is 4.74 Å². The van der Waals surface area contributed by atoms with E-state index in [2.05, 4.69) is 4.98 Å². The van der Waals surface area contributed by atoms with Gasteiger partial charge in [0.1, 0.15) is 17.2 Å². The summed E-state index contributed by atoms with van der Waals surface area (Å²) in [5, 5.41) is 21.2. The monoisotopic (exact) mass is 593 g/mol. The largest absolute Gasteiger partial charge is 0.507 e. The molecule has 226 valence electrons. The molecular formula is C36H35NO7. The Morgan fingerprint density at radius 3 is 2.11 bits per heavy atom. The van der Waals surface area contributed by atoms with Crippen LogP contribution in [0.2, 0.25) is 0 Å². The van der Waals surface area contributed by atoms with E-state index in [0.29, 0.717) is 17.3 Å². The molecule has 1 aliphatic carbocycles. The average Bonchev–Trinajstić information content (AvgIpc) is 3.20. The number of benzene rings is 3. The van der Waals surface area contributed by atoms with Gasteiger partial charge in [0, 0.05) is 22.9 Å². The highest BCUT2D eigenvalue weighted by Gasteiger charge is 2.43. The number of ether oxygens (including phenoxy) is 1. The Bertz CT molecular complexity index is 1820. The van der Waals surface area contributed by atoms with Gasteiger partial charge in [-0.05, 0) is 52.1 Å². The lowest BCUT2D eigenvalue weighted by molar-refractivity contribution is -0.134. The van der Waals surface area contributed by atoms with Gasteiger partial charge in [0.05, 0.1) is 11.3 Å². The summed E-state index contributed by atoms with van der Waals surface area (Å²) in [5.41, 5.74) is 2.11. The molecule has 2 N–H and O–H groups in total. The molecule has 0 saturated carbocycles. The molecule has 8 nitrogen and oxygen atoms in total. The van der Waals surface area contributed by atoms with E-state index >= 15 is 0 Å². The second kappa shape index (κ2) is 11.0. The molecule has 0 bridgehead atoms. The van der Waals surface area contributed by atoms with Gasteiger partial charge in [0.2, 0.25) is 0 Å². The number of aromatic hydroxyl groups is 1. The number of ketones is 2. The van der Waals surface area contributed by atoms with Gasteiger partial charge in [-0.3, -0.25) is 14.4 Å². The number of aryl methyl sites for hydroxylation is 1. The first-order valence-electron chi connectivity index (χ1n) is 14.5. The molecule has 0 aliphatic heterocycles. The first-order valence-corrected chi connectivity index (χ1v) is 14.5. The molecule has 4 aromatic rings. The predicted molar refractivity (Wildman–Crippen MR) is 166 cm³/mol. The topological polar surface area (TPSA) is 131 Å². The number of hydrogen-bond donors (Lipinski definition) is 2. The maximum absolute atomic E-state index is 13.3. The van der Waals surface area contributed by atoms with Crippen molar-refractivity contribution in [2.45, 2.75) is 71.1 Å². The number of carbonyl (C=O) groups is 4. The van der Waals surface area contributed by atoms with Crippen LogP contribution in [0.15, 0.2) is 60.7 Å². The highest BCUT2D eigenvalue weighted by molar-refractivity contribution is 6.31. The lowest BCUT2D eigenvalue weighted by Gasteiger charge is -2.28. The van der Waals surface area contributed by atoms with E-state index in [1.54, 1.807) is 30.3 Å². The SMILES string of the molecule is CC(C)(C)c1cc(CCC(=O)Oc2cccc3ccc(C4C(=O)c5cccc(C(=O)O)c5C4=O)nc23)cc(C(C)(C)C)c1O. The van der Waals surface area contributed by atoms with E-state index in [9.17, 15) is 29.4 Å². The summed E-state index contributed by atoms with van der Waals surface area (Å²) < 4.78 is 5.75. The van der Waals surface area contributed by atoms with Crippen molar-refractivity contribution in [3.05, 3.63) is 99.7 Å². The number of nitrogens with zero attached hydrogens (tertiary/aromatic N) is 1. The number of carboxylic acids is 1. The van der Waals surface area contributed by atoms with Gasteiger partial charge in [-0.2, -0.15) is 0 Å². The molecule has 0 spiro atoms. The fourth-order valence-electron chi connectivity index (χ4n) is 5.67. The van der Waals surface area contributed by atoms with Crippen molar-refractivity contribution in [2.24, 2.45) is 0 Å². The van der Waals surface area contributed by atoms with Crippen LogP contribution in [-0.2, 0) is 22.0 Å². The molecule has 44 heavy (non-hydrogen) atoms. The summed E-state index contributed by atoms with van der Waals surface area (Å²) in [6, 6.07) is 16.4. The normalized spacial score (nSPS) is 15.0. The molecule has 1 aliphatic rings. The Labute approximate surface area is 255 Å². The molecule has 0 saturated heterocycles. The summed E-state index contributed by atoms with van der Waals surface area (Å²) in [6.45, 7) is 12.2. The summed E-state index contributed by atoms with van der Waals surface area (Å²) in [7, 11) is 0. The fourth-order valence-corrected chi connectivity index (χ4v) is 5.67. The molecule has 0 radical (unpaired) electrons. The number of carbonyl (C=O) groups excluding carboxylic acids is 3. The minimum atomic E-state index is -1.29.